The van der Waals surface area contributed by atoms with Gasteiger partial charge in [0, 0.05) is 18.0 Å². The number of methoxy groups -OCH3 is 1. The number of halogens is 3. The van der Waals surface area contributed by atoms with Gasteiger partial charge in [-0.25, -0.2) is 4.79 Å². The molecule has 0 N–H and O–H groups in total. The summed E-state index contributed by atoms with van der Waals surface area (Å²) in [6, 6.07) is 18.4. The van der Waals surface area contributed by atoms with Crippen LogP contribution in [0.5, 0.6) is 5.75 Å². The van der Waals surface area contributed by atoms with Crippen molar-refractivity contribution in [1.82, 2.24) is 4.90 Å². The van der Waals surface area contributed by atoms with Crippen molar-refractivity contribution in [3.63, 3.8) is 0 Å². The van der Waals surface area contributed by atoms with Crippen LogP contribution in [0.15, 0.2) is 77.7 Å². The minimum atomic E-state index is -4.53. The summed E-state index contributed by atoms with van der Waals surface area (Å²) < 4.78 is 50.1. The van der Waals surface area contributed by atoms with Crippen LogP contribution in [0.2, 0.25) is 0 Å². The zero-order chi connectivity index (χ0) is 27.4. The Balaban J connectivity index is 1.73. The van der Waals surface area contributed by atoms with Crippen molar-refractivity contribution in [3.8, 4) is 5.75 Å². The van der Waals surface area contributed by atoms with Crippen LogP contribution < -0.4 is 9.64 Å². The van der Waals surface area contributed by atoms with E-state index in [-0.39, 0.29) is 5.56 Å². The van der Waals surface area contributed by atoms with Crippen LogP contribution in [-0.2, 0) is 15.7 Å². The summed E-state index contributed by atoms with van der Waals surface area (Å²) in [5.74, 6) is -0.662. The van der Waals surface area contributed by atoms with E-state index in [2.05, 4.69) is 0 Å². The molecule has 3 aromatic carbocycles. The highest BCUT2D eigenvalue weighted by molar-refractivity contribution is 7.99. The molecule has 0 aliphatic carbocycles. The molecule has 1 aliphatic rings. The maximum Gasteiger partial charge on any atom is 0.416 e. The predicted octanol–water partition coefficient (Wildman–Crippen LogP) is 5.68. The third kappa shape index (κ3) is 6.14. The molecule has 3 aromatic rings. The fourth-order valence-corrected chi connectivity index (χ4v) is 5.36. The lowest BCUT2D eigenvalue weighted by Crippen LogP contribution is -2.45. The summed E-state index contributed by atoms with van der Waals surface area (Å²) in [7, 11) is 5.34. The number of carbonyl (C=O) groups is 2. The highest BCUT2D eigenvalue weighted by Gasteiger charge is 2.41. The lowest BCUT2D eigenvalue weighted by Gasteiger charge is -2.28. The van der Waals surface area contributed by atoms with E-state index in [1.807, 2.05) is 43.3 Å². The molecule has 0 saturated heterocycles. The number of likely N-dealkylation sites (N-methyl/N-ethyl adjacent to an activating group) is 1. The number of fused-ring (bicyclic) bond motifs is 1. The summed E-state index contributed by atoms with van der Waals surface area (Å²) in [5.41, 5.74) is 0.483. The second kappa shape index (κ2) is 11.5. The van der Waals surface area contributed by atoms with Gasteiger partial charge < -0.3 is 19.3 Å². The van der Waals surface area contributed by atoms with Crippen LogP contribution in [-0.4, -0.2) is 57.2 Å². The summed E-state index contributed by atoms with van der Waals surface area (Å²) in [5, 5.41) is -0.614. The first-order valence-corrected chi connectivity index (χ1v) is 12.7. The van der Waals surface area contributed by atoms with Crippen LogP contribution in [0.4, 0.5) is 18.9 Å². The van der Waals surface area contributed by atoms with Gasteiger partial charge in [-0.15, -0.1) is 11.8 Å². The summed E-state index contributed by atoms with van der Waals surface area (Å²) in [6.07, 6.45) is -5.77. The molecule has 6 nitrogen and oxygen atoms in total. The van der Waals surface area contributed by atoms with E-state index in [1.54, 1.807) is 36.3 Å². The topological polar surface area (TPSA) is 59.1 Å². The van der Waals surface area contributed by atoms with Crippen molar-refractivity contribution < 1.29 is 32.2 Å². The number of esters is 1. The molecule has 0 saturated carbocycles. The van der Waals surface area contributed by atoms with E-state index in [0.29, 0.717) is 24.5 Å². The second-order valence-electron chi connectivity index (χ2n) is 8.97. The highest BCUT2D eigenvalue weighted by Crippen LogP contribution is 2.47. The number of alkyl halides is 3. The van der Waals surface area contributed by atoms with Gasteiger partial charge in [-0.3, -0.25) is 4.79 Å². The molecule has 4 rings (SSSR count). The Labute approximate surface area is 223 Å². The number of amides is 1. The number of benzene rings is 3. The average molecular weight is 545 g/mol. The molecule has 1 aliphatic heterocycles. The Kier molecular flexibility index (Phi) is 8.32. The van der Waals surface area contributed by atoms with Crippen molar-refractivity contribution in [1.29, 1.82) is 0 Å². The minimum Gasteiger partial charge on any atom is -0.497 e. The molecule has 38 heavy (non-hydrogen) atoms. The summed E-state index contributed by atoms with van der Waals surface area (Å²) >= 11 is 1.39. The number of anilines is 1. The van der Waals surface area contributed by atoms with E-state index >= 15 is 0 Å². The van der Waals surface area contributed by atoms with Crippen LogP contribution in [0.25, 0.3) is 0 Å². The fourth-order valence-electron chi connectivity index (χ4n) is 4.04. The molecule has 0 spiro atoms. The third-order valence-electron chi connectivity index (χ3n) is 6.09. The number of ether oxygens (including phenoxy) is 2. The molecule has 2 unspecified atom stereocenters. The van der Waals surface area contributed by atoms with Gasteiger partial charge in [-0.05, 0) is 68.2 Å². The summed E-state index contributed by atoms with van der Waals surface area (Å²) in [4.78, 5) is 31.6. The number of hydrogen-bond acceptors (Lipinski definition) is 6. The van der Waals surface area contributed by atoms with Gasteiger partial charge in [0.2, 0.25) is 0 Å². The molecule has 1 heterocycles. The monoisotopic (exact) mass is 544 g/mol. The Morgan fingerprint density at radius 1 is 1.00 bits per heavy atom. The Hall–Kier alpha value is -3.50. The molecule has 1 amide bonds. The Morgan fingerprint density at radius 2 is 1.66 bits per heavy atom. The van der Waals surface area contributed by atoms with Gasteiger partial charge in [0.25, 0.3) is 5.91 Å². The molecule has 200 valence electrons. The number of para-hydroxylation sites is 1. The minimum absolute atomic E-state index is 0.0779. The van der Waals surface area contributed by atoms with Gasteiger partial charge in [0.15, 0.2) is 6.10 Å². The lowest BCUT2D eigenvalue weighted by atomic mass is 10.0. The zero-order valence-corrected chi connectivity index (χ0v) is 21.9. The first-order valence-electron chi connectivity index (χ1n) is 11.8. The van der Waals surface area contributed by atoms with Crippen LogP contribution in [0.1, 0.15) is 26.7 Å². The Morgan fingerprint density at radius 3 is 2.26 bits per heavy atom. The van der Waals surface area contributed by atoms with Gasteiger partial charge in [0.1, 0.15) is 5.75 Å². The number of carbonyl (C=O) groups excluding carboxylic acids is 2. The summed E-state index contributed by atoms with van der Waals surface area (Å²) in [6.45, 7) is 0.921. The maximum absolute atomic E-state index is 14.0. The van der Waals surface area contributed by atoms with Crippen molar-refractivity contribution >= 4 is 29.3 Å². The molecule has 0 aromatic heterocycles. The molecule has 0 radical (unpaired) electrons. The number of thioether (sulfide) groups is 1. The van der Waals surface area contributed by atoms with Crippen molar-refractivity contribution in [2.75, 3.05) is 39.2 Å². The molecule has 0 fully saturated rings. The smallest absolute Gasteiger partial charge is 0.416 e. The number of nitrogens with zero attached hydrogens (tertiary/aromatic N) is 2. The van der Waals surface area contributed by atoms with Gasteiger partial charge >= 0.3 is 12.1 Å². The second-order valence-corrected chi connectivity index (χ2v) is 10.2. The zero-order valence-electron chi connectivity index (χ0n) is 21.1. The van der Waals surface area contributed by atoms with E-state index in [4.69, 9.17) is 9.47 Å². The molecule has 2 atom stereocenters. The first kappa shape index (κ1) is 27.5. The van der Waals surface area contributed by atoms with E-state index < -0.39 is 35.0 Å². The largest absolute Gasteiger partial charge is 0.497 e. The SMILES string of the molecule is COc1ccc(C2Sc3ccccc3N(CCN(C)C)C(=O)C2OC(=O)c2ccc(C(F)(F)F)cc2)cc1. The van der Waals surface area contributed by atoms with Crippen molar-refractivity contribution in [2.45, 2.75) is 22.4 Å². The third-order valence-corrected chi connectivity index (χ3v) is 7.46. The number of hydrogen-bond donors (Lipinski definition) is 0. The number of rotatable bonds is 7. The van der Waals surface area contributed by atoms with Gasteiger partial charge in [-0.2, -0.15) is 13.2 Å². The first-order chi connectivity index (χ1) is 18.1. The molecular weight excluding hydrogens is 517 g/mol. The van der Waals surface area contributed by atoms with Crippen LogP contribution in [0, 0.1) is 0 Å². The highest BCUT2D eigenvalue weighted by atomic mass is 32.2. The van der Waals surface area contributed by atoms with E-state index in [0.717, 1.165) is 34.7 Å². The van der Waals surface area contributed by atoms with Crippen LogP contribution >= 0.6 is 11.8 Å². The average Bonchev–Trinajstić information content (AvgIpc) is 3.01. The Bertz CT molecular complexity index is 1280. The molecule has 0 bridgehead atoms. The standard InChI is InChI=1S/C28H27F3N2O4S/c1-32(2)16-17-33-22-6-4-5-7-23(22)38-25(18-10-14-21(36-3)15-11-18)24(26(33)34)37-27(35)19-8-12-20(13-9-19)28(29,30)31/h4-15,24-25H,16-17H2,1-3H3. The lowest BCUT2D eigenvalue weighted by molar-refractivity contribution is -0.137. The fraction of sp³-hybridized carbons (Fsp3) is 0.286. The van der Waals surface area contributed by atoms with E-state index in [9.17, 15) is 22.8 Å². The van der Waals surface area contributed by atoms with Gasteiger partial charge in [-0.1, -0.05) is 24.3 Å². The normalized spacial score (nSPS) is 17.7. The van der Waals surface area contributed by atoms with E-state index in [1.165, 1.54) is 11.8 Å². The van der Waals surface area contributed by atoms with Crippen molar-refractivity contribution in [3.05, 3.63) is 89.5 Å². The quantitative estimate of drug-likeness (QED) is 0.357. The molecular formula is C28H27F3N2O4S. The predicted molar refractivity (Wildman–Crippen MR) is 140 cm³/mol. The van der Waals surface area contributed by atoms with Crippen LogP contribution in [0.3, 0.4) is 0 Å². The maximum atomic E-state index is 14.0. The van der Waals surface area contributed by atoms with Gasteiger partial charge in [0.05, 0.1) is 29.2 Å². The van der Waals surface area contributed by atoms with Crippen molar-refractivity contribution in [2.24, 2.45) is 0 Å². The molecule has 10 heteroatoms.